The SMILES string of the molecule is COc1ccc(C(=O)C2CCN(C(=O)Cc3csc(NC(=O)C(C)C)n3)CC2)cc1. The molecule has 2 amide bonds. The second kappa shape index (κ2) is 9.84. The van der Waals surface area contributed by atoms with Gasteiger partial charge in [0.2, 0.25) is 11.8 Å². The first kappa shape index (κ1) is 22.0. The highest BCUT2D eigenvalue weighted by molar-refractivity contribution is 7.13. The summed E-state index contributed by atoms with van der Waals surface area (Å²) >= 11 is 1.32. The summed E-state index contributed by atoms with van der Waals surface area (Å²) in [5.74, 6) is 0.555. The summed E-state index contributed by atoms with van der Waals surface area (Å²) in [4.78, 5) is 43.2. The number of amides is 2. The topological polar surface area (TPSA) is 88.6 Å². The van der Waals surface area contributed by atoms with Crippen molar-refractivity contribution >= 4 is 34.1 Å². The lowest BCUT2D eigenvalue weighted by atomic mass is 9.88. The van der Waals surface area contributed by atoms with Gasteiger partial charge in [-0.25, -0.2) is 4.98 Å². The molecule has 1 aromatic heterocycles. The zero-order chi connectivity index (χ0) is 21.7. The Morgan fingerprint density at radius 2 is 1.87 bits per heavy atom. The van der Waals surface area contributed by atoms with Crippen molar-refractivity contribution in [3.63, 3.8) is 0 Å². The molecule has 0 unspecified atom stereocenters. The molecule has 0 aliphatic carbocycles. The van der Waals surface area contributed by atoms with E-state index in [2.05, 4.69) is 10.3 Å². The molecule has 1 saturated heterocycles. The van der Waals surface area contributed by atoms with Crippen molar-refractivity contribution in [2.75, 3.05) is 25.5 Å². The van der Waals surface area contributed by atoms with Crippen LogP contribution in [-0.4, -0.2) is 47.7 Å². The van der Waals surface area contributed by atoms with Crippen LogP contribution in [0.25, 0.3) is 0 Å². The molecule has 30 heavy (non-hydrogen) atoms. The van der Waals surface area contributed by atoms with Gasteiger partial charge in [-0.3, -0.25) is 14.4 Å². The number of benzene rings is 1. The highest BCUT2D eigenvalue weighted by Gasteiger charge is 2.28. The standard InChI is InChI=1S/C22H27N3O4S/c1-14(2)21(28)24-22-23-17(13-30-22)12-19(26)25-10-8-16(9-11-25)20(27)15-4-6-18(29-3)7-5-15/h4-7,13-14,16H,8-12H2,1-3H3,(H,23,24,28). The van der Waals surface area contributed by atoms with Crippen molar-refractivity contribution in [2.45, 2.75) is 33.1 Å². The molecule has 8 heteroatoms. The Morgan fingerprint density at radius 1 is 1.20 bits per heavy atom. The molecule has 2 heterocycles. The van der Waals surface area contributed by atoms with E-state index < -0.39 is 0 Å². The number of ketones is 1. The van der Waals surface area contributed by atoms with E-state index in [9.17, 15) is 14.4 Å². The summed E-state index contributed by atoms with van der Waals surface area (Å²) in [6.45, 7) is 4.76. The third-order valence-corrected chi connectivity index (χ3v) is 6.04. The number of aromatic nitrogens is 1. The molecule has 160 valence electrons. The summed E-state index contributed by atoms with van der Waals surface area (Å²) < 4.78 is 5.13. The molecule has 0 atom stereocenters. The lowest BCUT2D eigenvalue weighted by molar-refractivity contribution is -0.131. The van der Waals surface area contributed by atoms with E-state index in [4.69, 9.17) is 4.74 Å². The number of carbonyl (C=O) groups is 3. The van der Waals surface area contributed by atoms with Crippen LogP contribution < -0.4 is 10.1 Å². The van der Waals surface area contributed by atoms with Crippen molar-refractivity contribution in [1.29, 1.82) is 0 Å². The van der Waals surface area contributed by atoms with Gasteiger partial charge in [0, 0.05) is 35.9 Å². The average Bonchev–Trinajstić information content (AvgIpc) is 3.19. The predicted octanol–water partition coefficient (Wildman–Crippen LogP) is 3.41. The van der Waals surface area contributed by atoms with Gasteiger partial charge in [0.05, 0.1) is 19.2 Å². The molecule has 0 saturated carbocycles. The second-order valence-electron chi connectivity index (χ2n) is 7.71. The van der Waals surface area contributed by atoms with Crippen LogP contribution in [0.5, 0.6) is 5.75 Å². The Kier molecular flexibility index (Phi) is 7.20. The minimum absolute atomic E-state index is 0.00242. The predicted molar refractivity (Wildman–Crippen MR) is 116 cm³/mol. The van der Waals surface area contributed by atoms with Gasteiger partial charge in [-0.15, -0.1) is 11.3 Å². The smallest absolute Gasteiger partial charge is 0.228 e. The fraction of sp³-hybridized carbons (Fsp3) is 0.455. The summed E-state index contributed by atoms with van der Waals surface area (Å²) in [6, 6.07) is 7.16. The van der Waals surface area contributed by atoms with E-state index in [0.29, 0.717) is 42.3 Å². The van der Waals surface area contributed by atoms with Crippen molar-refractivity contribution in [3.05, 3.63) is 40.9 Å². The Hall–Kier alpha value is -2.74. The Balaban J connectivity index is 1.49. The van der Waals surface area contributed by atoms with Crippen LogP contribution in [0.3, 0.4) is 0 Å². The molecule has 1 aliphatic heterocycles. The number of carbonyl (C=O) groups excluding carboxylic acids is 3. The molecular formula is C22H27N3O4S. The number of Topliss-reactive ketones (excluding diaryl/α,β-unsaturated/α-hetero) is 1. The third-order valence-electron chi connectivity index (χ3n) is 5.23. The molecule has 1 fully saturated rings. The van der Waals surface area contributed by atoms with Gasteiger partial charge in [0.25, 0.3) is 0 Å². The van der Waals surface area contributed by atoms with Gasteiger partial charge in [-0.2, -0.15) is 0 Å². The molecule has 0 bridgehead atoms. The molecule has 1 aromatic carbocycles. The van der Waals surface area contributed by atoms with E-state index in [1.807, 2.05) is 13.8 Å². The first-order valence-corrected chi connectivity index (χ1v) is 11.0. The van der Waals surface area contributed by atoms with Crippen LogP contribution in [0.1, 0.15) is 42.7 Å². The number of likely N-dealkylation sites (tertiary alicyclic amines) is 1. The van der Waals surface area contributed by atoms with Crippen LogP contribution in [0.4, 0.5) is 5.13 Å². The molecule has 0 spiro atoms. The highest BCUT2D eigenvalue weighted by atomic mass is 32.1. The maximum Gasteiger partial charge on any atom is 0.228 e. The van der Waals surface area contributed by atoms with Crippen molar-refractivity contribution in [2.24, 2.45) is 11.8 Å². The van der Waals surface area contributed by atoms with Crippen LogP contribution in [-0.2, 0) is 16.0 Å². The summed E-state index contributed by atoms with van der Waals surface area (Å²) in [7, 11) is 1.59. The van der Waals surface area contributed by atoms with E-state index in [0.717, 1.165) is 5.75 Å². The number of methoxy groups -OCH3 is 1. The molecule has 0 radical (unpaired) electrons. The molecule has 1 aliphatic rings. The number of anilines is 1. The van der Waals surface area contributed by atoms with Crippen LogP contribution in [0.2, 0.25) is 0 Å². The maximum atomic E-state index is 12.7. The minimum Gasteiger partial charge on any atom is -0.497 e. The highest BCUT2D eigenvalue weighted by Crippen LogP contribution is 2.24. The zero-order valence-corrected chi connectivity index (χ0v) is 18.3. The van der Waals surface area contributed by atoms with Crippen LogP contribution in [0.15, 0.2) is 29.6 Å². The van der Waals surface area contributed by atoms with Gasteiger partial charge in [-0.05, 0) is 37.1 Å². The van der Waals surface area contributed by atoms with Crippen molar-refractivity contribution < 1.29 is 19.1 Å². The number of piperidine rings is 1. The molecule has 2 aromatic rings. The first-order valence-electron chi connectivity index (χ1n) is 10.1. The monoisotopic (exact) mass is 429 g/mol. The number of ether oxygens (including phenoxy) is 1. The van der Waals surface area contributed by atoms with E-state index in [-0.39, 0.29) is 35.9 Å². The third kappa shape index (κ3) is 5.44. The normalized spacial score (nSPS) is 14.6. The number of rotatable bonds is 7. The van der Waals surface area contributed by atoms with Gasteiger partial charge in [-0.1, -0.05) is 13.8 Å². The average molecular weight is 430 g/mol. The number of nitrogens with zero attached hydrogens (tertiary/aromatic N) is 2. The maximum absolute atomic E-state index is 12.7. The Bertz CT molecular complexity index is 899. The van der Waals surface area contributed by atoms with Crippen molar-refractivity contribution in [3.8, 4) is 5.75 Å². The number of thiazole rings is 1. The van der Waals surface area contributed by atoms with Crippen LogP contribution >= 0.6 is 11.3 Å². The Labute approximate surface area is 180 Å². The molecule has 3 rings (SSSR count). The second-order valence-corrected chi connectivity index (χ2v) is 8.57. The number of nitrogens with one attached hydrogen (secondary N) is 1. The van der Waals surface area contributed by atoms with Crippen molar-refractivity contribution in [1.82, 2.24) is 9.88 Å². The lowest BCUT2D eigenvalue weighted by Crippen LogP contribution is -2.41. The number of hydrogen-bond acceptors (Lipinski definition) is 6. The van der Waals surface area contributed by atoms with E-state index in [1.54, 1.807) is 41.7 Å². The Morgan fingerprint density at radius 3 is 2.47 bits per heavy atom. The molecular weight excluding hydrogens is 402 g/mol. The van der Waals surface area contributed by atoms with E-state index >= 15 is 0 Å². The zero-order valence-electron chi connectivity index (χ0n) is 17.5. The van der Waals surface area contributed by atoms with Crippen LogP contribution in [0, 0.1) is 11.8 Å². The largest absolute Gasteiger partial charge is 0.497 e. The van der Waals surface area contributed by atoms with Gasteiger partial charge in [0.1, 0.15) is 5.75 Å². The number of hydrogen-bond donors (Lipinski definition) is 1. The summed E-state index contributed by atoms with van der Waals surface area (Å²) in [6.07, 6.45) is 1.51. The quantitative estimate of drug-likeness (QED) is 0.682. The van der Waals surface area contributed by atoms with Gasteiger partial charge >= 0.3 is 0 Å². The fourth-order valence-electron chi connectivity index (χ4n) is 3.34. The first-order chi connectivity index (χ1) is 14.4. The van der Waals surface area contributed by atoms with Gasteiger partial charge in [0.15, 0.2) is 10.9 Å². The lowest BCUT2D eigenvalue weighted by Gasteiger charge is -2.31. The fourth-order valence-corrected chi connectivity index (χ4v) is 4.06. The summed E-state index contributed by atoms with van der Waals surface area (Å²) in [5.41, 5.74) is 1.33. The summed E-state index contributed by atoms with van der Waals surface area (Å²) in [5, 5.41) is 5.07. The van der Waals surface area contributed by atoms with E-state index in [1.165, 1.54) is 11.3 Å². The molecule has 7 nitrogen and oxygen atoms in total. The van der Waals surface area contributed by atoms with Gasteiger partial charge < -0.3 is 15.0 Å². The molecule has 1 N–H and O–H groups in total. The minimum atomic E-state index is -0.124.